The van der Waals surface area contributed by atoms with Gasteiger partial charge in [0.2, 0.25) is 21.8 Å². The second-order valence-electron chi connectivity index (χ2n) is 9.28. The highest BCUT2D eigenvalue weighted by Crippen LogP contribution is 2.53. The minimum Gasteiger partial charge on any atom is -0.475 e. The summed E-state index contributed by atoms with van der Waals surface area (Å²) in [6, 6.07) is 10.7. The molecule has 3 atom stereocenters. The van der Waals surface area contributed by atoms with Gasteiger partial charge in [0.1, 0.15) is 6.61 Å². The number of hydrogen-bond acceptors (Lipinski definition) is 5. The quantitative estimate of drug-likeness (QED) is 0.708. The fourth-order valence-electron chi connectivity index (χ4n) is 4.26. The number of rotatable bonds is 7. The van der Waals surface area contributed by atoms with Crippen LogP contribution in [0.5, 0.6) is 5.88 Å². The Balaban J connectivity index is 0.00000289. The summed E-state index contributed by atoms with van der Waals surface area (Å²) in [5.74, 6) is 0.545. The molecule has 31 heavy (non-hydrogen) atoms. The molecular formula is C23H31N3O4S. The van der Waals surface area contributed by atoms with E-state index in [0.717, 1.165) is 11.1 Å². The van der Waals surface area contributed by atoms with Crippen molar-refractivity contribution in [1.29, 1.82) is 0 Å². The molecule has 1 saturated heterocycles. The number of pyridine rings is 1. The predicted octanol–water partition coefficient (Wildman–Crippen LogP) is 2.78. The van der Waals surface area contributed by atoms with E-state index >= 15 is 0 Å². The number of fused-ring (bicyclic) bond motifs is 1. The normalized spacial score (nSPS) is 23.3. The van der Waals surface area contributed by atoms with Gasteiger partial charge < -0.3 is 10.1 Å². The van der Waals surface area contributed by atoms with Gasteiger partial charge in [-0.05, 0) is 57.7 Å². The largest absolute Gasteiger partial charge is 0.475 e. The summed E-state index contributed by atoms with van der Waals surface area (Å²) in [6.45, 7) is 8.76. The van der Waals surface area contributed by atoms with E-state index in [0.29, 0.717) is 30.5 Å². The Bertz CT molecular complexity index is 1080. The molecule has 2 fully saturated rings. The van der Waals surface area contributed by atoms with Gasteiger partial charge in [0, 0.05) is 32.2 Å². The van der Waals surface area contributed by atoms with Crippen LogP contribution in [0.4, 0.5) is 0 Å². The Labute approximate surface area is 185 Å². The number of nitrogens with one attached hydrogen (secondary N) is 1. The number of ether oxygens (including phenoxy) is 1. The molecule has 1 aromatic carbocycles. The summed E-state index contributed by atoms with van der Waals surface area (Å²) in [5.41, 5.74) is 1.40. The third-order valence-corrected chi connectivity index (χ3v) is 7.96. The number of nitrogens with zero attached hydrogens (tertiary/aromatic N) is 2. The lowest BCUT2D eigenvalue weighted by Crippen LogP contribution is -2.49. The fourth-order valence-corrected chi connectivity index (χ4v) is 5.77. The van der Waals surface area contributed by atoms with Crippen LogP contribution >= 0.6 is 0 Å². The number of benzene rings is 1. The molecule has 0 spiro atoms. The Morgan fingerprint density at radius 2 is 1.84 bits per heavy atom. The van der Waals surface area contributed by atoms with E-state index in [1.807, 2.05) is 39.8 Å². The zero-order valence-corrected chi connectivity index (χ0v) is 19.1. The molecule has 1 N–H and O–H groups in total. The first-order chi connectivity index (χ1) is 14.6. The highest BCUT2D eigenvalue weighted by molar-refractivity contribution is 7.89. The van der Waals surface area contributed by atoms with Crippen molar-refractivity contribution < 1.29 is 19.4 Å². The monoisotopic (exact) mass is 445 g/mol. The van der Waals surface area contributed by atoms with Crippen molar-refractivity contribution in [3.8, 4) is 5.88 Å². The van der Waals surface area contributed by atoms with Crippen LogP contribution in [0.25, 0.3) is 0 Å². The number of sulfonamides is 1. The van der Waals surface area contributed by atoms with Gasteiger partial charge in [-0.25, -0.2) is 13.4 Å². The second kappa shape index (κ2) is 7.91. The molecule has 2 aromatic rings. The molecule has 0 bridgehead atoms. The van der Waals surface area contributed by atoms with Gasteiger partial charge in [-0.1, -0.05) is 23.8 Å². The van der Waals surface area contributed by atoms with Crippen LogP contribution < -0.4 is 10.1 Å². The lowest BCUT2D eigenvalue weighted by molar-refractivity contribution is -0.125. The zero-order chi connectivity index (χ0) is 22.4. The van der Waals surface area contributed by atoms with Gasteiger partial charge in [-0.3, -0.25) is 4.79 Å². The van der Waals surface area contributed by atoms with Crippen LogP contribution in [-0.2, 0) is 14.8 Å². The molecule has 2 heterocycles. The summed E-state index contributed by atoms with van der Waals surface area (Å²) in [7, 11) is -3.51. The molecule has 8 heteroatoms. The molecule has 2 aliphatic rings. The summed E-state index contributed by atoms with van der Waals surface area (Å²) < 4.78 is 33.0. The lowest BCUT2D eigenvalue weighted by Gasteiger charge is -2.27. The average Bonchev–Trinajstić information content (AvgIpc) is 3.21. The number of carbonyl (C=O) groups is 1. The molecule has 1 saturated carbocycles. The summed E-state index contributed by atoms with van der Waals surface area (Å²) in [6.07, 6.45) is 1.68. The molecule has 4 rings (SSSR count). The highest BCUT2D eigenvalue weighted by Gasteiger charge is 2.61. The van der Waals surface area contributed by atoms with Crippen molar-refractivity contribution in [2.45, 2.75) is 38.1 Å². The van der Waals surface area contributed by atoms with Gasteiger partial charge in [0.05, 0.1) is 10.4 Å². The van der Waals surface area contributed by atoms with Crippen molar-refractivity contribution in [2.24, 2.45) is 17.8 Å². The van der Waals surface area contributed by atoms with E-state index in [-0.39, 0.29) is 25.1 Å². The Hall–Kier alpha value is -2.45. The van der Waals surface area contributed by atoms with Gasteiger partial charge in [-0.2, -0.15) is 4.31 Å². The minimum atomic E-state index is -3.51. The first kappa shape index (κ1) is 21.8. The molecule has 1 aromatic heterocycles. The predicted molar refractivity (Wildman–Crippen MR) is 119 cm³/mol. The van der Waals surface area contributed by atoms with Crippen LogP contribution in [-0.4, -0.2) is 48.8 Å². The lowest BCUT2D eigenvalue weighted by atomic mass is 10.1. The van der Waals surface area contributed by atoms with E-state index in [9.17, 15) is 13.2 Å². The smallest absolute Gasteiger partial charge is 0.243 e. The van der Waals surface area contributed by atoms with Crippen LogP contribution in [0.15, 0.2) is 47.5 Å². The van der Waals surface area contributed by atoms with Crippen LogP contribution in [0.3, 0.4) is 0 Å². The third kappa shape index (κ3) is 4.45. The molecule has 7 nitrogen and oxygen atoms in total. The van der Waals surface area contributed by atoms with E-state index in [1.54, 1.807) is 30.5 Å². The Kier molecular flexibility index (Phi) is 5.55. The molecular weight excluding hydrogens is 414 g/mol. The van der Waals surface area contributed by atoms with Crippen LogP contribution in [0.2, 0.25) is 0 Å². The van der Waals surface area contributed by atoms with E-state index in [1.165, 1.54) is 4.31 Å². The zero-order valence-electron chi connectivity index (χ0n) is 18.3. The molecule has 1 unspecified atom stereocenters. The van der Waals surface area contributed by atoms with Gasteiger partial charge in [-0.15, -0.1) is 0 Å². The summed E-state index contributed by atoms with van der Waals surface area (Å²) >= 11 is 0. The highest BCUT2D eigenvalue weighted by atomic mass is 32.2. The van der Waals surface area contributed by atoms with Crippen molar-refractivity contribution in [2.75, 3.05) is 19.7 Å². The second-order valence-corrected chi connectivity index (χ2v) is 11.2. The first-order valence-corrected chi connectivity index (χ1v) is 12.0. The van der Waals surface area contributed by atoms with E-state index in [4.69, 9.17) is 4.74 Å². The Morgan fingerprint density at radius 1 is 1.19 bits per heavy atom. The van der Waals surface area contributed by atoms with Crippen molar-refractivity contribution >= 4 is 15.9 Å². The number of carbonyl (C=O) groups excluding carboxylic acids is 1. The average molecular weight is 446 g/mol. The molecule has 1 amide bonds. The van der Waals surface area contributed by atoms with Gasteiger partial charge in [0.25, 0.3) is 0 Å². The number of aryl methyl sites for hydroxylation is 2. The summed E-state index contributed by atoms with van der Waals surface area (Å²) in [5, 5.41) is 3.07. The maximum absolute atomic E-state index is 12.9. The fraction of sp³-hybridized carbons (Fsp3) is 0.478. The van der Waals surface area contributed by atoms with Gasteiger partial charge >= 0.3 is 0 Å². The molecule has 0 radical (unpaired) electrons. The van der Waals surface area contributed by atoms with E-state index < -0.39 is 15.6 Å². The van der Waals surface area contributed by atoms with Gasteiger partial charge in [0.15, 0.2) is 0 Å². The topological polar surface area (TPSA) is 88.6 Å². The minimum absolute atomic E-state index is 0. The van der Waals surface area contributed by atoms with Crippen molar-refractivity contribution in [1.82, 2.24) is 14.6 Å². The SMILES string of the molecule is Cc1ccc(S(=O)(=O)N2C[C@@H]3C(C(=O)NC(C)(C)COc4ncccc4C)[C@@H]3C2)cc1.[HH]. The molecule has 168 valence electrons. The first-order valence-electron chi connectivity index (χ1n) is 10.5. The standard InChI is InChI=1S/C23H29N3O4S.H2/c1-15-7-9-17(10-8-15)31(28,29)26-12-18-19(13-26)20(18)21(27)25-23(3,4)14-30-22-16(2)6-5-11-24-22;/h5-11,18-20H,12-14H2,1-4H3,(H,25,27);1H/t18-,19+,20?;. The molecule has 1 aliphatic heterocycles. The third-order valence-electron chi connectivity index (χ3n) is 6.11. The van der Waals surface area contributed by atoms with E-state index in [2.05, 4.69) is 10.3 Å². The molecule has 1 aliphatic carbocycles. The number of amides is 1. The number of aromatic nitrogens is 1. The maximum atomic E-state index is 12.9. The van der Waals surface area contributed by atoms with Crippen LogP contribution in [0.1, 0.15) is 26.4 Å². The van der Waals surface area contributed by atoms with Crippen molar-refractivity contribution in [3.63, 3.8) is 0 Å². The van der Waals surface area contributed by atoms with Crippen LogP contribution in [0, 0.1) is 31.6 Å². The summed E-state index contributed by atoms with van der Waals surface area (Å²) in [4.78, 5) is 17.4. The van der Waals surface area contributed by atoms with Crippen molar-refractivity contribution in [3.05, 3.63) is 53.7 Å². The number of piperidine rings is 1. The number of hydrogen-bond donors (Lipinski definition) is 1. The maximum Gasteiger partial charge on any atom is 0.243 e. The Morgan fingerprint density at radius 3 is 2.45 bits per heavy atom.